The van der Waals surface area contributed by atoms with Crippen LogP contribution in [0.1, 0.15) is 33.6 Å². The average Bonchev–Trinajstić information content (AvgIpc) is 2.35. The molecule has 0 aromatic rings. The van der Waals surface area contributed by atoms with Crippen molar-refractivity contribution in [2.75, 3.05) is 0 Å². The number of ketones is 1. The molecule has 1 amide bonds. The molecule has 2 bridgehead atoms. The second-order valence-electron chi connectivity index (χ2n) is 5.44. The van der Waals surface area contributed by atoms with Crippen LogP contribution in [0.15, 0.2) is 0 Å². The molecule has 2 N–H and O–H groups in total. The Kier molecular flexibility index (Phi) is 1.65. The maximum atomic E-state index is 12.0. The minimum absolute atomic E-state index is 0.0657. The first kappa shape index (κ1) is 9.69. The summed E-state index contributed by atoms with van der Waals surface area (Å²) in [6.45, 7) is 6.16. The lowest BCUT2D eigenvalue weighted by molar-refractivity contribution is -0.137. The summed E-state index contributed by atoms with van der Waals surface area (Å²) >= 11 is 0. The van der Waals surface area contributed by atoms with E-state index in [0.717, 1.165) is 12.8 Å². The molecule has 3 heteroatoms. The van der Waals surface area contributed by atoms with Crippen molar-refractivity contribution in [2.24, 2.45) is 28.4 Å². The first-order valence-corrected chi connectivity index (χ1v) is 5.16. The first-order chi connectivity index (χ1) is 6.32. The predicted molar refractivity (Wildman–Crippen MR) is 52.3 cm³/mol. The van der Waals surface area contributed by atoms with Crippen molar-refractivity contribution in [1.82, 2.24) is 0 Å². The third-order valence-corrected chi connectivity index (χ3v) is 4.84. The normalized spacial score (nSPS) is 44.4. The highest BCUT2D eigenvalue weighted by Gasteiger charge is 2.67. The third-order valence-electron chi connectivity index (χ3n) is 4.84. The summed E-state index contributed by atoms with van der Waals surface area (Å²) in [6.07, 6.45) is 1.87. The molecule has 0 aromatic heterocycles. The van der Waals surface area contributed by atoms with Gasteiger partial charge in [0.15, 0.2) is 5.78 Å². The van der Waals surface area contributed by atoms with E-state index in [9.17, 15) is 9.59 Å². The molecule has 2 aliphatic rings. The summed E-state index contributed by atoms with van der Waals surface area (Å²) in [5.74, 6) is -0.719. The Bertz CT molecular complexity index is 321. The molecular weight excluding hydrogens is 178 g/mol. The Labute approximate surface area is 84.0 Å². The summed E-state index contributed by atoms with van der Waals surface area (Å²) in [5, 5.41) is 0. The Balaban J connectivity index is 2.49. The fraction of sp³-hybridized carbons (Fsp3) is 0.818. The molecule has 14 heavy (non-hydrogen) atoms. The lowest BCUT2D eigenvalue weighted by Gasteiger charge is -2.32. The van der Waals surface area contributed by atoms with Gasteiger partial charge in [0.25, 0.3) is 0 Å². The quantitative estimate of drug-likeness (QED) is 0.637. The first-order valence-electron chi connectivity index (χ1n) is 5.16. The number of carbonyl (C=O) groups is 2. The van der Waals surface area contributed by atoms with Crippen molar-refractivity contribution >= 4 is 11.7 Å². The van der Waals surface area contributed by atoms with Crippen molar-refractivity contribution in [3.63, 3.8) is 0 Å². The average molecular weight is 195 g/mol. The van der Waals surface area contributed by atoms with Gasteiger partial charge in [-0.1, -0.05) is 20.8 Å². The Morgan fingerprint density at radius 3 is 2.29 bits per heavy atom. The van der Waals surface area contributed by atoms with Gasteiger partial charge in [0.2, 0.25) is 5.91 Å². The second kappa shape index (κ2) is 2.38. The topological polar surface area (TPSA) is 60.2 Å². The van der Waals surface area contributed by atoms with Crippen molar-refractivity contribution in [3.05, 3.63) is 0 Å². The maximum Gasteiger partial charge on any atom is 0.228 e. The van der Waals surface area contributed by atoms with Crippen molar-refractivity contribution < 1.29 is 9.59 Å². The molecule has 0 heterocycles. The van der Waals surface area contributed by atoms with Gasteiger partial charge in [-0.3, -0.25) is 9.59 Å². The molecule has 0 radical (unpaired) electrons. The number of fused-ring (bicyclic) bond motifs is 2. The summed E-state index contributed by atoms with van der Waals surface area (Å²) < 4.78 is 0. The molecule has 78 valence electrons. The van der Waals surface area contributed by atoms with Crippen LogP contribution < -0.4 is 5.73 Å². The summed E-state index contributed by atoms with van der Waals surface area (Å²) in [7, 11) is 0. The van der Waals surface area contributed by atoms with Crippen LogP contribution in [0.5, 0.6) is 0 Å². The summed E-state index contributed by atoms with van der Waals surface area (Å²) in [4.78, 5) is 23.3. The monoisotopic (exact) mass is 195 g/mol. The molecule has 2 saturated carbocycles. The number of primary amides is 1. The van der Waals surface area contributed by atoms with Crippen LogP contribution in [0, 0.1) is 22.7 Å². The molecule has 0 aliphatic heterocycles. The number of rotatable bonds is 1. The third kappa shape index (κ3) is 0.787. The number of hydrogen-bond donors (Lipinski definition) is 1. The number of amides is 1. The highest BCUT2D eigenvalue weighted by atomic mass is 16.2. The van der Waals surface area contributed by atoms with Gasteiger partial charge in [0, 0.05) is 5.41 Å². The fourth-order valence-electron chi connectivity index (χ4n) is 3.41. The lowest BCUT2D eigenvalue weighted by atomic mass is 9.70. The highest BCUT2D eigenvalue weighted by Crippen LogP contribution is 2.65. The van der Waals surface area contributed by atoms with Crippen molar-refractivity contribution in [3.8, 4) is 0 Å². The summed E-state index contributed by atoms with van der Waals surface area (Å²) in [5.41, 5.74) is 4.91. The molecule has 3 nitrogen and oxygen atoms in total. The number of hydrogen-bond acceptors (Lipinski definition) is 2. The maximum absolute atomic E-state index is 12.0. The van der Waals surface area contributed by atoms with E-state index in [1.54, 1.807) is 0 Å². The van der Waals surface area contributed by atoms with E-state index in [1.165, 1.54) is 0 Å². The van der Waals surface area contributed by atoms with Crippen molar-refractivity contribution in [1.29, 1.82) is 0 Å². The van der Waals surface area contributed by atoms with Gasteiger partial charge in [0.05, 0.1) is 0 Å². The number of nitrogens with two attached hydrogens (primary N) is 1. The minimum atomic E-state index is -0.524. The second-order valence-corrected chi connectivity index (χ2v) is 5.44. The molecule has 0 aromatic carbocycles. The van der Waals surface area contributed by atoms with Gasteiger partial charge in [-0.05, 0) is 24.2 Å². The van der Waals surface area contributed by atoms with Crippen LogP contribution in [0.2, 0.25) is 0 Å². The van der Waals surface area contributed by atoms with E-state index in [1.807, 2.05) is 6.92 Å². The molecule has 3 unspecified atom stereocenters. The molecule has 2 rings (SSSR count). The van der Waals surface area contributed by atoms with Crippen LogP contribution in [-0.4, -0.2) is 11.7 Å². The molecule has 2 aliphatic carbocycles. The molecule has 3 atom stereocenters. The summed E-state index contributed by atoms with van der Waals surface area (Å²) in [6, 6.07) is 0. The largest absolute Gasteiger partial charge is 0.369 e. The van der Waals surface area contributed by atoms with Gasteiger partial charge in [0.1, 0.15) is 5.92 Å². The van der Waals surface area contributed by atoms with Gasteiger partial charge in [-0.15, -0.1) is 0 Å². The zero-order chi connectivity index (χ0) is 10.7. The SMILES string of the molecule is CC12CCC(C(C(N)=O)C1=O)C2(C)C. The van der Waals surface area contributed by atoms with Gasteiger partial charge >= 0.3 is 0 Å². The van der Waals surface area contributed by atoms with Gasteiger partial charge in [-0.2, -0.15) is 0 Å². The van der Waals surface area contributed by atoms with Gasteiger partial charge < -0.3 is 5.73 Å². The molecular formula is C11H17NO2. The van der Waals surface area contributed by atoms with Crippen LogP contribution in [0.25, 0.3) is 0 Å². The smallest absolute Gasteiger partial charge is 0.228 e. The van der Waals surface area contributed by atoms with E-state index < -0.39 is 11.8 Å². The Morgan fingerprint density at radius 2 is 2.00 bits per heavy atom. The van der Waals surface area contributed by atoms with E-state index in [-0.39, 0.29) is 22.5 Å². The molecule has 2 fully saturated rings. The van der Waals surface area contributed by atoms with E-state index in [0.29, 0.717) is 0 Å². The minimum Gasteiger partial charge on any atom is -0.369 e. The van der Waals surface area contributed by atoms with Crippen LogP contribution in [0.3, 0.4) is 0 Å². The molecule has 0 spiro atoms. The van der Waals surface area contributed by atoms with Crippen LogP contribution in [0.4, 0.5) is 0 Å². The zero-order valence-corrected chi connectivity index (χ0v) is 8.96. The standard InChI is InChI=1S/C11H17NO2/c1-10(2)6-4-5-11(10,3)8(13)7(6)9(12)14/h6-7H,4-5H2,1-3H3,(H2,12,14). The predicted octanol–water partition coefficient (Wildman–Crippen LogP) is 1.11. The Hall–Kier alpha value is -0.860. The molecule has 0 saturated heterocycles. The zero-order valence-electron chi connectivity index (χ0n) is 8.96. The van der Waals surface area contributed by atoms with E-state index in [4.69, 9.17) is 5.73 Å². The fourth-order valence-corrected chi connectivity index (χ4v) is 3.41. The van der Waals surface area contributed by atoms with Crippen molar-refractivity contribution in [2.45, 2.75) is 33.6 Å². The number of Topliss-reactive ketones (excluding diaryl/α,β-unsaturated/α-hetero) is 1. The van der Waals surface area contributed by atoms with Crippen LogP contribution in [-0.2, 0) is 9.59 Å². The van der Waals surface area contributed by atoms with Gasteiger partial charge in [-0.25, -0.2) is 0 Å². The highest BCUT2D eigenvalue weighted by molar-refractivity contribution is 6.06. The number of carbonyl (C=O) groups excluding carboxylic acids is 2. The lowest BCUT2D eigenvalue weighted by Crippen LogP contribution is -2.38. The van der Waals surface area contributed by atoms with E-state index in [2.05, 4.69) is 13.8 Å². The van der Waals surface area contributed by atoms with E-state index >= 15 is 0 Å². The Morgan fingerprint density at radius 1 is 1.43 bits per heavy atom. The van der Waals surface area contributed by atoms with Crippen LogP contribution >= 0.6 is 0 Å².